The van der Waals surface area contributed by atoms with Crippen LogP contribution in [0.15, 0.2) is 267 Å². The summed E-state index contributed by atoms with van der Waals surface area (Å²) in [7, 11) is 0. The number of anilines is 6. The first-order chi connectivity index (χ1) is 31.3. The third kappa shape index (κ3) is 6.79. The molecule has 0 aliphatic heterocycles. The number of nitrogens with zero attached hydrogens (tertiary/aromatic N) is 2. The average molecular weight is 805 g/mol. The monoisotopic (exact) mass is 804 g/mol. The lowest BCUT2D eigenvalue weighted by Gasteiger charge is -2.37. The molecule has 0 fully saturated rings. The van der Waals surface area contributed by atoms with Crippen LogP contribution < -0.4 is 9.80 Å². The molecule has 10 aromatic rings. The van der Waals surface area contributed by atoms with Crippen molar-refractivity contribution < 1.29 is 0 Å². The minimum atomic E-state index is -0.637. The molecule has 0 saturated heterocycles. The van der Waals surface area contributed by atoms with E-state index >= 15 is 0 Å². The molecule has 0 aromatic heterocycles. The Morgan fingerprint density at radius 2 is 0.571 bits per heavy atom. The Balaban J connectivity index is 1.24. The van der Waals surface area contributed by atoms with Gasteiger partial charge in [0.25, 0.3) is 0 Å². The van der Waals surface area contributed by atoms with Crippen LogP contribution in [0.2, 0.25) is 0 Å². The van der Waals surface area contributed by atoms with Crippen molar-refractivity contribution in [2.75, 3.05) is 9.80 Å². The molecule has 0 N–H and O–H groups in total. The fourth-order valence-electron chi connectivity index (χ4n) is 9.74. The zero-order chi connectivity index (χ0) is 42.0. The van der Waals surface area contributed by atoms with Crippen LogP contribution >= 0.6 is 0 Å². The van der Waals surface area contributed by atoms with Gasteiger partial charge in [0.1, 0.15) is 0 Å². The second-order valence-corrected chi connectivity index (χ2v) is 16.1. The molecule has 11 rings (SSSR count). The molecule has 2 heteroatoms. The summed E-state index contributed by atoms with van der Waals surface area (Å²) >= 11 is 0. The van der Waals surface area contributed by atoms with E-state index in [9.17, 15) is 0 Å². The Bertz CT molecular complexity index is 2970. The van der Waals surface area contributed by atoms with Crippen molar-refractivity contribution in [1.29, 1.82) is 0 Å². The molecule has 298 valence electrons. The summed E-state index contributed by atoms with van der Waals surface area (Å²) in [4.78, 5) is 4.85. The minimum Gasteiger partial charge on any atom is -0.310 e. The molecule has 0 unspecified atom stereocenters. The van der Waals surface area contributed by atoms with E-state index in [0.29, 0.717) is 0 Å². The Hall–Kier alpha value is -8.20. The molecule has 1 aliphatic carbocycles. The summed E-state index contributed by atoms with van der Waals surface area (Å²) in [5.74, 6) is 0. The van der Waals surface area contributed by atoms with Crippen LogP contribution in [0.25, 0.3) is 33.4 Å². The van der Waals surface area contributed by atoms with E-state index in [4.69, 9.17) is 0 Å². The van der Waals surface area contributed by atoms with Crippen molar-refractivity contribution in [3.63, 3.8) is 0 Å². The SMILES string of the molecule is c1ccc(-c2cccc(N(c3ccccc3)c3cc(N(c4ccccc4)c4cccc(-c5ccccc5)c4)cc(C4(c5ccccc5)c5ccccc5-c5ccccc54)c3)c2)cc1. The lowest BCUT2D eigenvalue weighted by atomic mass is 9.67. The van der Waals surface area contributed by atoms with Crippen LogP contribution in [0.3, 0.4) is 0 Å². The van der Waals surface area contributed by atoms with E-state index in [1.54, 1.807) is 0 Å². The van der Waals surface area contributed by atoms with Gasteiger partial charge < -0.3 is 9.80 Å². The van der Waals surface area contributed by atoms with E-state index in [-0.39, 0.29) is 0 Å². The Morgan fingerprint density at radius 3 is 1.02 bits per heavy atom. The third-order valence-corrected chi connectivity index (χ3v) is 12.5. The number of hydrogen-bond donors (Lipinski definition) is 0. The smallest absolute Gasteiger partial charge is 0.0715 e. The zero-order valence-corrected chi connectivity index (χ0v) is 34.8. The Morgan fingerprint density at radius 1 is 0.222 bits per heavy atom. The Labute approximate surface area is 370 Å². The highest BCUT2D eigenvalue weighted by atomic mass is 15.2. The lowest BCUT2D eigenvalue weighted by molar-refractivity contribution is 0.768. The highest BCUT2D eigenvalue weighted by Gasteiger charge is 2.46. The summed E-state index contributed by atoms with van der Waals surface area (Å²) in [5.41, 5.74) is 17.9. The quantitative estimate of drug-likeness (QED) is 0.136. The summed E-state index contributed by atoms with van der Waals surface area (Å²) in [6, 6.07) is 97.2. The van der Waals surface area contributed by atoms with Gasteiger partial charge >= 0.3 is 0 Å². The van der Waals surface area contributed by atoms with Crippen LogP contribution in [0.5, 0.6) is 0 Å². The van der Waals surface area contributed by atoms with Crippen LogP contribution in [-0.2, 0) is 5.41 Å². The van der Waals surface area contributed by atoms with Crippen LogP contribution in [0.4, 0.5) is 34.1 Å². The van der Waals surface area contributed by atoms with E-state index in [1.807, 2.05) is 0 Å². The lowest BCUT2D eigenvalue weighted by Crippen LogP contribution is -2.29. The van der Waals surface area contributed by atoms with Gasteiger partial charge in [0.05, 0.1) is 5.41 Å². The van der Waals surface area contributed by atoms with Crippen molar-refractivity contribution in [1.82, 2.24) is 0 Å². The van der Waals surface area contributed by atoms with Gasteiger partial charge in [0.2, 0.25) is 0 Å². The van der Waals surface area contributed by atoms with Gasteiger partial charge in [-0.3, -0.25) is 0 Å². The third-order valence-electron chi connectivity index (χ3n) is 12.5. The first-order valence-electron chi connectivity index (χ1n) is 21.7. The van der Waals surface area contributed by atoms with Gasteiger partial charge in [-0.25, -0.2) is 0 Å². The summed E-state index contributed by atoms with van der Waals surface area (Å²) in [6.45, 7) is 0. The largest absolute Gasteiger partial charge is 0.310 e. The maximum Gasteiger partial charge on any atom is 0.0715 e. The molecule has 0 spiro atoms. The first kappa shape index (κ1) is 37.8. The van der Waals surface area contributed by atoms with E-state index in [1.165, 1.54) is 44.5 Å². The molecule has 0 bridgehead atoms. The molecule has 1 aliphatic rings. The van der Waals surface area contributed by atoms with E-state index in [0.717, 1.165) is 45.3 Å². The van der Waals surface area contributed by atoms with Crippen molar-refractivity contribution in [3.8, 4) is 33.4 Å². The van der Waals surface area contributed by atoms with E-state index < -0.39 is 5.41 Å². The summed E-state index contributed by atoms with van der Waals surface area (Å²) in [6.07, 6.45) is 0. The molecular weight excluding hydrogens is 761 g/mol. The standard InChI is InChI=1S/C61H44N2/c1-6-22-45(23-7-1)47-26-20-34-53(40-47)62(51-30-12-4-13-31-51)55-42-50(61(49-28-10-3-11-29-49)59-38-18-16-36-57(59)58-37-17-19-39-60(58)61)43-56(44-55)63(52-32-14-5-15-33-52)54-35-21-27-48(41-54)46-24-8-2-9-25-46/h1-44H. The normalized spacial score (nSPS) is 12.3. The van der Waals surface area contributed by atoms with Crippen molar-refractivity contribution in [2.45, 2.75) is 5.41 Å². The molecule has 63 heavy (non-hydrogen) atoms. The first-order valence-corrected chi connectivity index (χ1v) is 21.7. The summed E-state index contributed by atoms with van der Waals surface area (Å²) < 4.78 is 0. The molecule has 0 amide bonds. The second kappa shape index (κ2) is 16.3. The minimum absolute atomic E-state index is 0.637. The summed E-state index contributed by atoms with van der Waals surface area (Å²) in [5, 5.41) is 0. The van der Waals surface area contributed by atoms with Gasteiger partial charge in [0, 0.05) is 34.1 Å². The number of fused-ring (bicyclic) bond motifs is 3. The number of rotatable bonds is 10. The molecule has 2 nitrogen and oxygen atoms in total. The molecule has 0 heterocycles. The highest BCUT2D eigenvalue weighted by Crippen LogP contribution is 2.57. The maximum atomic E-state index is 2.45. The number of para-hydroxylation sites is 2. The fourth-order valence-corrected chi connectivity index (χ4v) is 9.74. The van der Waals surface area contributed by atoms with Crippen molar-refractivity contribution in [2.24, 2.45) is 0 Å². The Kier molecular flexibility index (Phi) is 9.80. The topological polar surface area (TPSA) is 6.48 Å². The van der Waals surface area contributed by atoms with Gasteiger partial charge in [-0.05, 0) is 122 Å². The molecule has 10 aromatic carbocycles. The van der Waals surface area contributed by atoms with Crippen molar-refractivity contribution in [3.05, 3.63) is 289 Å². The van der Waals surface area contributed by atoms with Crippen molar-refractivity contribution >= 4 is 34.1 Å². The highest BCUT2D eigenvalue weighted by molar-refractivity contribution is 5.90. The van der Waals surface area contributed by atoms with Gasteiger partial charge in [-0.2, -0.15) is 0 Å². The predicted molar refractivity (Wildman–Crippen MR) is 264 cm³/mol. The predicted octanol–water partition coefficient (Wildman–Crippen LogP) is 16.3. The average Bonchev–Trinajstić information content (AvgIpc) is 3.67. The molecule has 0 radical (unpaired) electrons. The van der Waals surface area contributed by atoms with Gasteiger partial charge in [-0.1, -0.05) is 200 Å². The number of benzene rings is 10. The molecular formula is C61H44N2. The van der Waals surface area contributed by atoms with Crippen LogP contribution in [-0.4, -0.2) is 0 Å². The number of hydrogen-bond acceptors (Lipinski definition) is 2. The fraction of sp³-hybridized carbons (Fsp3) is 0.0164. The van der Waals surface area contributed by atoms with Crippen LogP contribution in [0.1, 0.15) is 22.3 Å². The molecule has 0 atom stereocenters. The maximum absolute atomic E-state index is 2.45. The zero-order valence-electron chi connectivity index (χ0n) is 34.8. The van der Waals surface area contributed by atoms with Gasteiger partial charge in [0.15, 0.2) is 0 Å². The molecule has 0 saturated carbocycles. The van der Waals surface area contributed by atoms with Gasteiger partial charge in [-0.15, -0.1) is 0 Å². The van der Waals surface area contributed by atoms with Crippen LogP contribution in [0, 0.1) is 0 Å². The van der Waals surface area contributed by atoms with E-state index in [2.05, 4.69) is 277 Å². The second-order valence-electron chi connectivity index (χ2n) is 16.1.